The van der Waals surface area contributed by atoms with E-state index in [-0.39, 0.29) is 11.4 Å². The Hall–Kier alpha value is 0.310. The summed E-state index contributed by atoms with van der Waals surface area (Å²) in [6.45, 7) is 0.246. The molecule has 1 aliphatic carbocycles. The van der Waals surface area contributed by atoms with Gasteiger partial charge < -0.3 is 5.11 Å². The molecule has 0 heterocycles. The number of hydrogen-bond donors (Lipinski definition) is 2. The van der Waals surface area contributed by atoms with Crippen LogP contribution in [-0.2, 0) is 0 Å². The van der Waals surface area contributed by atoms with Gasteiger partial charge in [0.25, 0.3) is 0 Å². The Kier molecular flexibility index (Phi) is 0.848. The standard InChI is InChI=1S/C4H8OS/c5-3-4(6)1-2-4/h5-6H,1-3H2. The van der Waals surface area contributed by atoms with E-state index in [9.17, 15) is 0 Å². The van der Waals surface area contributed by atoms with Gasteiger partial charge in [0, 0.05) is 4.75 Å². The molecule has 1 nitrogen and oxygen atoms in total. The van der Waals surface area contributed by atoms with Crippen molar-refractivity contribution in [2.45, 2.75) is 17.6 Å². The number of aliphatic hydroxyl groups excluding tert-OH is 1. The molecule has 0 aromatic carbocycles. The summed E-state index contributed by atoms with van der Waals surface area (Å²) in [5.74, 6) is 0. The Balaban J connectivity index is 2.28. The quantitative estimate of drug-likeness (QED) is 0.462. The van der Waals surface area contributed by atoms with Gasteiger partial charge in [0.05, 0.1) is 6.61 Å². The molecule has 1 aliphatic rings. The molecule has 0 saturated heterocycles. The Morgan fingerprint density at radius 2 is 2.17 bits per heavy atom. The van der Waals surface area contributed by atoms with Crippen LogP contribution in [0.15, 0.2) is 0 Å². The van der Waals surface area contributed by atoms with Gasteiger partial charge in [0.2, 0.25) is 0 Å². The zero-order valence-corrected chi connectivity index (χ0v) is 4.41. The highest BCUT2D eigenvalue weighted by Gasteiger charge is 2.37. The fourth-order valence-corrected chi connectivity index (χ4v) is 0.414. The second-order valence-corrected chi connectivity index (χ2v) is 2.83. The van der Waals surface area contributed by atoms with Gasteiger partial charge in [-0.1, -0.05) is 0 Å². The summed E-state index contributed by atoms with van der Waals surface area (Å²) in [4.78, 5) is 0. The Labute approximate surface area is 42.8 Å². The SMILES string of the molecule is OCC1(S)CC1. The first kappa shape index (κ1) is 4.47. The predicted molar refractivity (Wildman–Crippen MR) is 28.0 cm³/mol. The molecule has 0 bridgehead atoms. The fourth-order valence-electron chi connectivity index (χ4n) is 0.302. The minimum atomic E-state index is 0.0417. The van der Waals surface area contributed by atoms with Crippen LogP contribution in [0.2, 0.25) is 0 Å². The summed E-state index contributed by atoms with van der Waals surface area (Å²) in [6.07, 6.45) is 2.18. The van der Waals surface area contributed by atoms with E-state index in [1.54, 1.807) is 0 Å². The van der Waals surface area contributed by atoms with Gasteiger partial charge in [-0.15, -0.1) is 0 Å². The Morgan fingerprint density at radius 1 is 1.67 bits per heavy atom. The van der Waals surface area contributed by atoms with Crippen molar-refractivity contribution in [2.75, 3.05) is 6.61 Å². The van der Waals surface area contributed by atoms with Crippen molar-refractivity contribution >= 4 is 12.6 Å². The average molecular weight is 104 g/mol. The smallest absolute Gasteiger partial charge is 0.0575 e. The normalized spacial score (nSPS) is 27.0. The first-order chi connectivity index (χ1) is 2.77. The van der Waals surface area contributed by atoms with E-state index in [0.29, 0.717) is 0 Å². The molecule has 0 spiro atoms. The maximum Gasteiger partial charge on any atom is 0.0575 e. The van der Waals surface area contributed by atoms with Crippen molar-refractivity contribution in [1.29, 1.82) is 0 Å². The van der Waals surface area contributed by atoms with E-state index in [1.165, 1.54) is 0 Å². The number of rotatable bonds is 1. The summed E-state index contributed by atoms with van der Waals surface area (Å²) in [7, 11) is 0. The average Bonchev–Trinajstić information content (AvgIpc) is 2.22. The second kappa shape index (κ2) is 1.14. The summed E-state index contributed by atoms with van der Waals surface area (Å²) in [5, 5.41) is 8.39. The van der Waals surface area contributed by atoms with Gasteiger partial charge in [0.1, 0.15) is 0 Å². The van der Waals surface area contributed by atoms with Crippen molar-refractivity contribution < 1.29 is 5.11 Å². The largest absolute Gasteiger partial charge is 0.395 e. The highest BCUT2D eigenvalue weighted by molar-refractivity contribution is 7.82. The third-order valence-electron chi connectivity index (χ3n) is 1.12. The number of hydrogen-bond acceptors (Lipinski definition) is 2. The topological polar surface area (TPSA) is 20.2 Å². The highest BCUT2D eigenvalue weighted by atomic mass is 32.1. The molecule has 0 aromatic heterocycles. The molecule has 0 unspecified atom stereocenters. The van der Waals surface area contributed by atoms with Crippen LogP contribution in [0.25, 0.3) is 0 Å². The van der Waals surface area contributed by atoms with E-state index >= 15 is 0 Å². The first-order valence-electron chi connectivity index (χ1n) is 2.10. The molecular formula is C4H8OS. The van der Waals surface area contributed by atoms with Crippen LogP contribution in [0.4, 0.5) is 0 Å². The van der Waals surface area contributed by atoms with Crippen molar-refractivity contribution in [3.63, 3.8) is 0 Å². The Bertz CT molecular complexity index is 58.6. The van der Waals surface area contributed by atoms with E-state index in [4.69, 9.17) is 5.11 Å². The van der Waals surface area contributed by atoms with Gasteiger partial charge in [-0.25, -0.2) is 0 Å². The molecule has 1 fully saturated rings. The van der Waals surface area contributed by atoms with Crippen LogP contribution in [0, 0.1) is 0 Å². The zero-order valence-electron chi connectivity index (χ0n) is 3.52. The summed E-state index contributed by atoms with van der Waals surface area (Å²) >= 11 is 4.12. The van der Waals surface area contributed by atoms with E-state index in [1.807, 2.05) is 0 Å². The number of thiol groups is 1. The van der Waals surface area contributed by atoms with Gasteiger partial charge in [0.15, 0.2) is 0 Å². The Morgan fingerprint density at radius 3 is 2.17 bits per heavy atom. The first-order valence-corrected chi connectivity index (χ1v) is 2.55. The van der Waals surface area contributed by atoms with E-state index in [0.717, 1.165) is 12.8 Å². The summed E-state index contributed by atoms with van der Waals surface area (Å²) in [6, 6.07) is 0. The lowest BCUT2D eigenvalue weighted by atomic mass is 10.5. The maximum absolute atomic E-state index is 8.39. The molecule has 0 aliphatic heterocycles. The second-order valence-electron chi connectivity index (χ2n) is 1.88. The molecular weight excluding hydrogens is 96.1 g/mol. The molecule has 36 valence electrons. The maximum atomic E-state index is 8.39. The lowest BCUT2D eigenvalue weighted by Gasteiger charge is -1.95. The van der Waals surface area contributed by atoms with Gasteiger partial charge in [-0.2, -0.15) is 12.6 Å². The molecule has 1 rings (SSSR count). The zero-order chi connectivity index (χ0) is 4.62. The van der Waals surface area contributed by atoms with Crippen LogP contribution in [0.1, 0.15) is 12.8 Å². The van der Waals surface area contributed by atoms with Gasteiger partial charge in [-0.05, 0) is 12.8 Å². The molecule has 0 amide bonds. The highest BCUT2D eigenvalue weighted by Crippen LogP contribution is 2.40. The predicted octanol–water partition coefficient (Wildman–Crippen LogP) is 0.441. The molecule has 0 atom stereocenters. The monoisotopic (exact) mass is 104 g/mol. The van der Waals surface area contributed by atoms with Gasteiger partial charge >= 0.3 is 0 Å². The van der Waals surface area contributed by atoms with Crippen LogP contribution in [0.3, 0.4) is 0 Å². The van der Waals surface area contributed by atoms with Crippen molar-refractivity contribution in [3.05, 3.63) is 0 Å². The lowest BCUT2D eigenvalue weighted by molar-refractivity contribution is 0.289. The van der Waals surface area contributed by atoms with Crippen LogP contribution >= 0.6 is 12.6 Å². The third kappa shape index (κ3) is 0.684. The molecule has 1 saturated carbocycles. The van der Waals surface area contributed by atoms with Crippen LogP contribution in [0.5, 0.6) is 0 Å². The molecule has 0 radical (unpaired) electrons. The van der Waals surface area contributed by atoms with Gasteiger partial charge in [-0.3, -0.25) is 0 Å². The lowest BCUT2D eigenvalue weighted by Crippen LogP contribution is -2.02. The third-order valence-corrected chi connectivity index (χ3v) is 1.71. The summed E-state index contributed by atoms with van der Waals surface area (Å²) in [5.41, 5.74) is 0. The minimum absolute atomic E-state index is 0.0417. The summed E-state index contributed by atoms with van der Waals surface area (Å²) < 4.78 is 0.0417. The fraction of sp³-hybridized carbons (Fsp3) is 1.00. The van der Waals surface area contributed by atoms with Crippen LogP contribution < -0.4 is 0 Å². The van der Waals surface area contributed by atoms with E-state index in [2.05, 4.69) is 12.6 Å². The van der Waals surface area contributed by atoms with E-state index < -0.39 is 0 Å². The molecule has 6 heavy (non-hydrogen) atoms. The van der Waals surface area contributed by atoms with Crippen molar-refractivity contribution in [3.8, 4) is 0 Å². The van der Waals surface area contributed by atoms with Crippen LogP contribution in [-0.4, -0.2) is 16.5 Å². The van der Waals surface area contributed by atoms with Crippen molar-refractivity contribution in [2.24, 2.45) is 0 Å². The molecule has 0 aromatic rings. The molecule has 2 heteroatoms. The minimum Gasteiger partial charge on any atom is -0.395 e. The molecule has 1 N–H and O–H groups in total. The van der Waals surface area contributed by atoms with Crippen molar-refractivity contribution in [1.82, 2.24) is 0 Å². The number of aliphatic hydroxyl groups is 1.